The van der Waals surface area contributed by atoms with E-state index in [0.29, 0.717) is 19.4 Å². The van der Waals surface area contributed by atoms with Crippen LogP contribution in [-0.4, -0.2) is 23.8 Å². The van der Waals surface area contributed by atoms with Crippen molar-refractivity contribution >= 4 is 5.78 Å². The predicted octanol–water partition coefficient (Wildman–Crippen LogP) is 1.26. The third kappa shape index (κ3) is 1.08. The summed E-state index contributed by atoms with van der Waals surface area (Å²) in [6.07, 6.45) is 1.79. The molecular weight excluding hydrogens is 156 g/mol. The van der Waals surface area contributed by atoms with Crippen molar-refractivity contribution in [3.8, 4) is 0 Å². The van der Waals surface area contributed by atoms with E-state index in [0.717, 1.165) is 6.42 Å². The monoisotopic (exact) mass is 170 g/mol. The van der Waals surface area contributed by atoms with E-state index in [1.807, 2.05) is 13.8 Å². The lowest BCUT2D eigenvalue weighted by molar-refractivity contribution is -0.199. The molecule has 68 valence electrons. The number of Topliss-reactive ketones (excluding diaryl/α,β-unsaturated/α-hetero) is 1. The number of hydrogen-bond donors (Lipinski definition) is 0. The van der Waals surface area contributed by atoms with Crippen LogP contribution in [0.15, 0.2) is 0 Å². The van der Waals surface area contributed by atoms with Gasteiger partial charge in [-0.1, -0.05) is 6.92 Å². The minimum absolute atomic E-state index is 0.267. The van der Waals surface area contributed by atoms with Gasteiger partial charge in [0, 0.05) is 6.42 Å². The minimum atomic E-state index is -0.620. The molecule has 2 heterocycles. The highest BCUT2D eigenvalue weighted by Crippen LogP contribution is 2.42. The lowest BCUT2D eigenvalue weighted by Crippen LogP contribution is -2.43. The van der Waals surface area contributed by atoms with Crippen molar-refractivity contribution in [1.29, 1.82) is 0 Å². The van der Waals surface area contributed by atoms with Crippen LogP contribution in [-0.2, 0) is 14.3 Å². The Morgan fingerprint density at radius 2 is 2.25 bits per heavy atom. The van der Waals surface area contributed by atoms with E-state index in [2.05, 4.69) is 0 Å². The molecule has 2 rings (SSSR count). The molecule has 2 saturated heterocycles. The maximum Gasteiger partial charge on any atom is 0.173 e. The highest BCUT2D eigenvalue weighted by molar-refractivity contribution is 5.81. The molecule has 0 spiro atoms. The molecule has 2 atom stereocenters. The zero-order valence-corrected chi connectivity index (χ0v) is 7.55. The van der Waals surface area contributed by atoms with Gasteiger partial charge >= 0.3 is 0 Å². The van der Waals surface area contributed by atoms with Crippen molar-refractivity contribution in [2.45, 2.75) is 44.5 Å². The van der Waals surface area contributed by atoms with Gasteiger partial charge in [0.2, 0.25) is 0 Å². The summed E-state index contributed by atoms with van der Waals surface area (Å²) in [5, 5.41) is 0. The van der Waals surface area contributed by atoms with Gasteiger partial charge in [-0.25, -0.2) is 0 Å². The summed E-state index contributed by atoms with van der Waals surface area (Å²) < 4.78 is 11.2. The molecule has 0 aromatic carbocycles. The number of ketones is 1. The summed E-state index contributed by atoms with van der Waals surface area (Å²) >= 11 is 0. The van der Waals surface area contributed by atoms with E-state index in [4.69, 9.17) is 9.47 Å². The molecule has 0 aromatic rings. The van der Waals surface area contributed by atoms with Gasteiger partial charge < -0.3 is 9.47 Å². The number of carbonyl (C=O) groups is 1. The van der Waals surface area contributed by atoms with Crippen molar-refractivity contribution in [2.24, 2.45) is 0 Å². The fourth-order valence-corrected chi connectivity index (χ4v) is 2.05. The molecule has 2 fully saturated rings. The standard InChI is InChI=1S/C9H14O3/c1-3-9-5-7(10)4-8(2,12-9)11-6-9/h3-6H2,1-2H3. The Hall–Kier alpha value is -0.410. The summed E-state index contributed by atoms with van der Waals surface area (Å²) in [6.45, 7) is 4.46. The molecule has 3 heteroatoms. The van der Waals surface area contributed by atoms with Crippen LogP contribution in [0.5, 0.6) is 0 Å². The van der Waals surface area contributed by atoms with Crippen LogP contribution < -0.4 is 0 Å². The van der Waals surface area contributed by atoms with Crippen LogP contribution in [0.2, 0.25) is 0 Å². The third-order valence-corrected chi connectivity index (χ3v) is 2.75. The van der Waals surface area contributed by atoms with Crippen molar-refractivity contribution in [3.05, 3.63) is 0 Å². The summed E-state index contributed by atoms with van der Waals surface area (Å²) in [5.41, 5.74) is -0.302. The molecule has 12 heavy (non-hydrogen) atoms. The van der Waals surface area contributed by atoms with Gasteiger partial charge in [-0.15, -0.1) is 0 Å². The first kappa shape index (κ1) is 8.20. The van der Waals surface area contributed by atoms with E-state index in [1.165, 1.54) is 0 Å². The molecule has 3 nitrogen and oxygen atoms in total. The lowest BCUT2D eigenvalue weighted by Gasteiger charge is -2.33. The van der Waals surface area contributed by atoms with Crippen LogP contribution in [0.4, 0.5) is 0 Å². The molecule has 0 saturated carbocycles. The topological polar surface area (TPSA) is 35.5 Å². The second kappa shape index (κ2) is 2.30. The highest BCUT2D eigenvalue weighted by atomic mass is 16.8. The van der Waals surface area contributed by atoms with E-state index < -0.39 is 5.79 Å². The minimum Gasteiger partial charge on any atom is -0.347 e. The second-order valence-electron chi connectivity index (χ2n) is 3.95. The van der Waals surface area contributed by atoms with Gasteiger partial charge in [-0.3, -0.25) is 4.79 Å². The number of ether oxygens (including phenoxy) is 2. The van der Waals surface area contributed by atoms with Crippen LogP contribution in [0, 0.1) is 0 Å². The van der Waals surface area contributed by atoms with E-state index in [-0.39, 0.29) is 11.4 Å². The molecule has 2 bridgehead atoms. The molecule has 0 radical (unpaired) electrons. The van der Waals surface area contributed by atoms with Crippen molar-refractivity contribution in [2.75, 3.05) is 6.61 Å². The van der Waals surface area contributed by atoms with E-state index in [1.54, 1.807) is 0 Å². The first-order valence-corrected chi connectivity index (χ1v) is 4.43. The number of hydrogen-bond acceptors (Lipinski definition) is 3. The van der Waals surface area contributed by atoms with E-state index >= 15 is 0 Å². The quantitative estimate of drug-likeness (QED) is 0.594. The molecular formula is C9H14O3. The number of carbonyl (C=O) groups excluding carboxylic acids is 1. The van der Waals surface area contributed by atoms with Crippen LogP contribution in [0.1, 0.15) is 33.1 Å². The van der Waals surface area contributed by atoms with Crippen molar-refractivity contribution in [1.82, 2.24) is 0 Å². The van der Waals surface area contributed by atoms with Gasteiger partial charge in [0.05, 0.1) is 13.0 Å². The predicted molar refractivity (Wildman–Crippen MR) is 42.7 cm³/mol. The van der Waals surface area contributed by atoms with Gasteiger partial charge in [0.1, 0.15) is 11.4 Å². The number of rotatable bonds is 1. The average molecular weight is 170 g/mol. The maximum absolute atomic E-state index is 11.3. The SMILES string of the molecule is CCC12COC(C)(CC(=O)C1)O2. The number of fused-ring (bicyclic) bond motifs is 2. The fourth-order valence-electron chi connectivity index (χ4n) is 2.05. The third-order valence-electron chi connectivity index (χ3n) is 2.75. The maximum atomic E-state index is 11.3. The smallest absolute Gasteiger partial charge is 0.173 e. The molecule has 0 N–H and O–H groups in total. The first-order chi connectivity index (χ1) is 5.58. The van der Waals surface area contributed by atoms with Gasteiger partial charge in [0.25, 0.3) is 0 Å². The lowest BCUT2D eigenvalue weighted by atomic mass is 9.90. The average Bonchev–Trinajstić information content (AvgIpc) is 2.23. The van der Waals surface area contributed by atoms with Crippen LogP contribution in [0.25, 0.3) is 0 Å². The van der Waals surface area contributed by atoms with Gasteiger partial charge in [-0.05, 0) is 13.3 Å². The Morgan fingerprint density at radius 3 is 2.92 bits per heavy atom. The second-order valence-corrected chi connectivity index (χ2v) is 3.95. The van der Waals surface area contributed by atoms with Gasteiger partial charge in [0.15, 0.2) is 5.79 Å². The van der Waals surface area contributed by atoms with Crippen LogP contribution in [0.3, 0.4) is 0 Å². The molecule has 0 amide bonds. The van der Waals surface area contributed by atoms with Crippen molar-refractivity contribution in [3.63, 3.8) is 0 Å². The largest absolute Gasteiger partial charge is 0.347 e. The zero-order valence-electron chi connectivity index (χ0n) is 7.55. The first-order valence-electron chi connectivity index (χ1n) is 4.43. The van der Waals surface area contributed by atoms with Crippen molar-refractivity contribution < 1.29 is 14.3 Å². The summed E-state index contributed by atoms with van der Waals surface area (Å²) in [7, 11) is 0. The Balaban J connectivity index is 2.26. The fraction of sp³-hybridized carbons (Fsp3) is 0.889. The van der Waals surface area contributed by atoms with Gasteiger partial charge in [-0.2, -0.15) is 0 Å². The Morgan fingerprint density at radius 1 is 1.50 bits per heavy atom. The molecule has 0 aliphatic carbocycles. The van der Waals surface area contributed by atoms with E-state index in [9.17, 15) is 4.79 Å². The summed E-state index contributed by atoms with van der Waals surface area (Å²) in [5.74, 6) is -0.353. The zero-order chi connectivity index (χ0) is 8.82. The Labute approximate surface area is 72.0 Å². The molecule has 2 unspecified atom stereocenters. The summed E-state index contributed by atoms with van der Waals surface area (Å²) in [6, 6.07) is 0. The molecule has 2 aliphatic heterocycles. The molecule has 0 aromatic heterocycles. The Bertz CT molecular complexity index is 226. The summed E-state index contributed by atoms with van der Waals surface area (Å²) in [4.78, 5) is 11.3. The highest BCUT2D eigenvalue weighted by Gasteiger charge is 2.52. The molecule has 2 aliphatic rings. The Kier molecular flexibility index (Phi) is 1.57. The van der Waals surface area contributed by atoms with Crippen LogP contribution >= 0.6 is 0 Å². The normalized spacial score (nSPS) is 46.7.